The fourth-order valence-electron chi connectivity index (χ4n) is 9.01. The van der Waals surface area contributed by atoms with Gasteiger partial charge in [0.15, 0.2) is 0 Å². The number of hydrogen-bond acceptors (Lipinski definition) is 2. The van der Waals surface area contributed by atoms with Crippen LogP contribution >= 0.6 is 0 Å². The van der Waals surface area contributed by atoms with E-state index in [0.717, 1.165) is 44.5 Å². The van der Waals surface area contributed by atoms with Gasteiger partial charge in [-0.25, -0.2) is 0 Å². The molecule has 6 aromatic rings. The summed E-state index contributed by atoms with van der Waals surface area (Å²) in [6, 6.07) is 50.9. The van der Waals surface area contributed by atoms with Crippen LogP contribution in [-0.4, -0.2) is 10.2 Å². The van der Waals surface area contributed by atoms with Gasteiger partial charge in [0, 0.05) is 23.7 Å². The molecule has 2 atom stereocenters. The van der Waals surface area contributed by atoms with E-state index in [0.29, 0.717) is 0 Å². The van der Waals surface area contributed by atoms with Crippen molar-refractivity contribution >= 4 is 0 Å². The quantitative estimate of drug-likeness (QED) is 0.193. The summed E-state index contributed by atoms with van der Waals surface area (Å²) in [7, 11) is 0. The van der Waals surface area contributed by atoms with Crippen molar-refractivity contribution in [3.05, 3.63) is 212 Å². The van der Waals surface area contributed by atoms with Crippen LogP contribution in [-0.2, 0) is 11.2 Å². The minimum Gasteiger partial charge on any atom is -0.380 e. The molecule has 2 N–H and O–H groups in total. The summed E-state index contributed by atoms with van der Waals surface area (Å²) < 4.78 is 0. The second-order valence-electron chi connectivity index (χ2n) is 14.3. The van der Waals surface area contributed by atoms with Gasteiger partial charge >= 0.3 is 0 Å². The molecule has 0 saturated heterocycles. The molecule has 6 aromatic carbocycles. The van der Waals surface area contributed by atoms with Gasteiger partial charge in [-0.3, -0.25) is 0 Å². The maximum atomic E-state index is 13.9. The van der Waals surface area contributed by atoms with Crippen LogP contribution in [0.2, 0.25) is 0 Å². The van der Waals surface area contributed by atoms with Crippen LogP contribution in [0, 0.1) is 39.5 Å². The molecule has 48 heavy (non-hydrogen) atoms. The first-order chi connectivity index (χ1) is 23.2. The minimum absolute atomic E-state index is 0.178. The van der Waals surface area contributed by atoms with Crippen LogP contribution in [0.5, 0.6) is 0 Å². The van der Waals surface area contributed by atoms with Crippen LogP contribution in [0.25, 0.3) is 0 Å². The largest absolute Gasteiger partial charge is 0.380 e. The Bertz CT molecular complexity index is 1800. The molecule has 2 heteroatoms. The average Bonchev–Trinajstić information content (AvgIpc) is 3.12. The van der Waals surface area contributed by atoms with Crippen molar-refractivity contribution in [2.75, 3.05) is 0 Å². The zero-order valence-electron chi connectivity index (χ0n) is 28.1. The predicted octanol–water partition coefficient (Wildman–Crippen LogP) is 9.62. The summed E-state index contributed by atoms with van der Waals surface area (Å²) in [6.07, 6.45) is 0. The SMILES string of the molecule is Cc1ccc(C(O)(c2ccc(C)cc2)[C@H]2C3c4ccccc4C(c4ccccc43)[C@@H]2C(O)(c2ccc(C)cc2)c2ccc(C)cc2)cc1. The summed E-state index contributed by atoms with van der Waals surface area (Å²) in [6.45, 7) is 8.33. The van der Waals surface area contributed by atoms with E-state index < -0.39 is 23.0 Å². The first kappa shape index (κ1) is 30.6. The van der Waals surface area contributed by atoms with Crippen molar-refractivity contribution in [3.63, 3.8) is 0 Å². The summed E-state index contributed by atoms with van der Waals surface area (Å²) in [4.78, 5) is 0. The van der Waals surface area contributed by atoms with Gasteiger partial charge in [0.25, 0.3) is 0 Å². The van der Waals surface area contributed by atoms with Gasteiger partial charge in [0.1, 0.15) is 11.2 Å². The van der Waals surface area contributed by atoms with E-state index in [4.69, 9.17) is 0 Å². The highest BCUT2D eigenvalue weighted by atomic mass is 16.3. The van der Waals surface area contributed by atoms with E-state index in [9.17, 15) is 10.2 Å². The summed E-state index contributed by atoms with van der Waals surface area (Å²) in [5.74, 6) is -1.24. The normalized spacial score (nSPS) is 19.9. The molecular weight excluding hydrogens is 585 g/mol. The Kier molecular flexibility index (Phi) is 7.29. The van der Waals surface area contributed by atoms with Crippen molar-refractivity contribution in [1.82, 2.24) is 0 Å². The zero-order chi connectivity index (χ0) is 33.2. The Labute approximate surface area is 284 Å². The van der Waals surface area contributed by atoms with Crippen molar-refractivity contribution in [2.24, 2.45) is 11.8 Å². The van der Waals surface area contributed by atoms with E-state index in [1.165, 1.54) is 22.3 Å². The fraction of sp³-hybridized carbons (Fsp3) is 0.217. The maximum absolute atomic E-state index is 13.9. The number of aliphatic hydroxyl groups is 2. The molecule has 9 rings (SSSR count). The molecule has 0 amide bonds. The van der Waals surface area contributed by atoms with Gasteiger partial charge in [-0.1, -0.05) is 168 Å². The van der Waals surface area contributed by atoms with E-state index >= 15 is 0 Å². The molecular formula is C46H42O2. The lowest BCUT2D eigenvalue weighted by atomic mass is 9.45. The molecule has 0 radical (unpaired) electrons. The van der Waals surface area contributed by atoms with Crippen LogP contribution in [0.1, 0.15) is 78.6 Å². The Morgan fingerprint density at radius 3 is 0.750 bits per heavy atom. The molecule has 3 aliphatic carbocycles. The molecule has 0 fully saturated rings. The zero-order valence-corrected chi connectivity index (χ0v) is 28.1. The third-order valence-electron chi connectivity index (χ3n) is 11.4. The van der Waals surface area contributed by atoms with Gasteiger partial charge in [0.05, 0.1) is 0 Å². The lowest BCUT2D eigenvalue weighted by Gasteiger charge is -2.60. The standard InChI is InChI=1S/C46H42O2/c1-29-13-21-33(22-14-29)45(47,34-23-15-30(2)16-24-34)43-41-37-9-5-7-11-39(37)42(40-12-8-6-10-38(40)41)44(43)46(48,35-25-17-31(3)18-26-35)36-27-19-32(4)20-28-36/h5-28,41-44,47-48H,1-4H3/t41?,42?,43-,44-/m0/s1. The highest BCUT2D eigenvalue weighted by Crippen LogP contribution is 2.67. The number of hydrogen-bond donors (Lipinski definition) is 2. The second kappa shape index (κ2) is 11.4. The first-order valence-electron chi connectivity index (χ1n) is 17.1. The molecule has 238 valence electrons. The van der Waals surface area contributed by atoms with Crippen molar-refractivity contribution in [3.8, 4) is 0 Å². The van der Waals surface area contributed by atoms with Crippen LogP contribution < -0.4 is 0 Å². The topological polar surface area (TPSA) is 40.5 Å². The van der Waals surface area contributed by atoms with Gasteiger partial charge in [-0.15, -0.1) is 0 Å². The third-order valence-corrected chi connectivity index (χ3v) is 11.4. The lowest BCUT2D eigenvalue weighted by molar-refractivity contribution is -0.105. The minimum atomic E-state index is -1.45. The van der Waals surface area contributed by atoms with Gasteiger partial charge < -0.3 is 10.2 Å². The molecule has 0 spiro atoms. The van der Waals surface area contributed by atoms with Gasteiger partial charge in [0.2, 0.25) is 0 Å². The highest BCUT2D eigenvalue weighted by Gasteiger charge is 2.64. The number of benzene rings is 6. The number of fused-ring (bicyclic) bond motifs is 1. The molecule has 0 aromatic heterocycles. The highest BCUT2D eigenvalue weighted by molar-refractivity contribution is 5.61. The average molecular weight is 627 g/mol. The van der Waals surface area contributed by atoms with E-state index in [-0.39, 0.29) is 11.8 Å². The Hall–Kier alpha value is -4.76. The first-order valence-corrected chi connectivity index (χ1v) is 17.1. The van der Waals surface area contributed by atoms with E-state index in [1.807, 2.05) is 0 Å². The smallest absolute Gasteiger partial charge is 0.119 e. The summed E-state index contributed by atoms with van der Waals surface area (Å²) in [5.41, 5.74) is 9.94. The van der Waals surface area contributed by atoms with Gasteiger partial charge in [-0.05, 0) is 72.2 Å². The van der Waals surface area contributed by atoms with Crippen LogP contribution in [0.15, 0.2) is 146 Å². The maximum Gasteiger partial charge on any atom is 0.119 e. The molecule has 2 nitrogen and oxygen atoms in total. The van der Waals surface area contributed by atoms with Crippen molar-refractivity contribution in [2.45, 2.75) is 50.7 Å². The van der Waals surface area contributed by atoms with Crippen LogP contribution in [0.3, 0.4) is 0 Å². The molecule has 0 heterocycles. The summed E-state index contributed by atoms with van der Waals surface area (Å²) >= 11 is 0. The third kappa shape index (κ3) is 4.54. The lowest BCUT2D eigenvalue weighted by Crippen LogP contribution is -2.58. The molecule has 0 unspecified atom stereocenters. The van der Waals surface area contributed by atoms with E-state index in [1.54, 1.807) is 0 Å². The molecule has 0 saturated carbocycles. The van der Waals surface area contributed by atoms with Gasteiger partial charge in [-0.2, -0.15) is 0 Å². The monoisotopic (exact) mass is 626 g/mol. The summed E-state index contributed by atoms with van der Waals surface area (Å²) in [5, 5.41) is 27.9. The molecule has 0 aliphatic heterocycles. The Morgan fingerprint density at radius 2 is 0.542 bits per heavy atom. The molecule has 3 aliphatic rings. The van der Waals surface area contributed by atoms with Crippen molar-refractivity contribution < 1.29 is 10.2 Å². The number of rotatable bonds is 6. The number of aryl methyl sites for hydroxylation is 4. The Balaban J connectivity index is 1.52. The molecule has 2 bridgehead atoms. The predicted molar refractivity (Wildman–Crippen MR) is 194 cm³/mol. The van der Waals surface area contributed by atoms with Crippen LogP contribution in [0.4, 0.5) is 0 Å². The van der Waals surface area contributed by atoms with Crippen molar-refractivity contribution in [1.29, 1.82) is 0 Å². The Morgan fingerprint density at radius 1 is 0.333 bits per heavy atom. The fourth-order valence-corrected chi connectivity index (χ4v) is 9.01. The van der Waals surface area contributed by atoms with E-state index in [2.05, 4.69) is 173 Å². The second-order valence-corrected chi connectivity index (χ2v) is 14.3.